The average Bonchev–Trinajstić information content (AvgIpc) is 3.39. The quantitative estimate of drug-likeness (QED) is 0.717. The minimum atomic E-state index is -3.22. The van der Waals surface area contributed by atoms with E-state index in [1.54, 1.807) is 12.1 Å². The first-order valence-corrected chi connectivity index (χ1v) is 12.1. The van der Waals surface area contributed by atoms with E-state index in [-0.39, 0.29) is 24.4 Å². The molecule has 3 heterocycles. The Labute approximate surface area is 181 Å². The maximum atomic E-state index is 15.0. The van der Waals surface area contributed by atoms with Crippen LogP contribution in [0.15, 0.2) is 18.2 Å². The van der Waals surface area contributed by atoms with E-state index in [0.717, 1.165) is 12.8 Å². The number of benzene rings is 1. The Kier molecular flexibility index (Phi) is 5.59. The van der Waals surface area contributed by atoms with Crippen LogP contribution in [-0.2, 0) is 19.6 Å². The van der Waals surface area contributed by atoms with Gasteiger partial charge in [-0.25, -0.2) is 21.9 Å². The molecule has 1 aromatic carbocycles. The number of amides is 2. The summed E-state index contributed by atoms with van der Waals surface area (Å²) in [5, 5.41) is 2.61. The Morgan fingerprint density at radius 1 is 1.29 bits per heavy atom. The molecule has 2 atom stereocenters. The largest absolute Gasteiger partial charge is 0.442 e. The zero-order valence-corrected chi connectivity index (χ0v) is 18.5. The molecule has 2 unspecified atom stereocenters. The van der Waals surface area contributed by atoms with Gasteiger partial charge in [-0.2, -0.15) is 0 Å². The number of halogens is 1. The van der Waals surface area contributed by atoms with Gasteiger partial charge in [0.15, 0.2) is 0 Å². The van der Waals surface area contributed by atoms with Crippen molar-refractivity contribution in [2.24, 2.45) is 5.41 Å². The predicted octanol–water partition coefficient (Wildman–Crippen LogP) is 1.15. The normalized spacial score (nSPS) is 26.7. The average molecular weight is 455 g/mol. The molecule has 0 radical (unpaired) electrons. The number of carbonyl (C=O) groups is 2. The minimum absolute atomic E-state index is 0.149. The molecule has 3 aliphatic heterocycles. The molecule has 3 fully saturated rings. The molecule has 3 aliphatic rings. The maximum absolute atomic E-state index is 15.0. The zero-order valence-electron chi connectivity index (χ0n) is 17.6. The van der Waals surface area contributed by atoms with Gasteiger partial charge in [-0.3, -0.25) is 9.69 Å². The number of nitrogens with one attached hydrogen (secondary N) is 1. The van der Waals surface area contributed by atoms with E-state index < -0.39 is 28.0 Å². The van der Waals surface area contributed by atoms with Gasteiger partial charge in [0.2, 0.25) is 15.9 Å². The fourth-order valence-corrected chi connectivity index (χ4v) is 5.60. The molecular formula is C20H27FN4O5S. The highest BCUT2D eigenvalue weighted by Gasteiger charge is 2.46. The number of hydrogen-bond donors (Lipinski definition) is 1. The Morgan fingerprint density at radius 3 is 2.68 bits per heavy atom. The lowest BCUT2D eigenvalue weighted by atomic mass is 9.86. The first-order chi connectivity index (χ1) is 14.6. The van der Waals surface area contributed by atoms with Crippen molar-refractivity contribution in [2.75, 3.05) is 55.3 Å². The van der Waals surface area contributed by atoms with Crippen LogP contribution < -0.4 is 15.1 Å². The third-order valence-corrected chi connectivity index (χ3v) is 7.60. The summed E-state index contributed by atoms with van der Waals surface area (Å²) in [5.41, 5.74) is 0.694. The van der Waals surface area contributed by atoms with Crippen molar-refractivity contribution in [3.8, 4) is 0 Å². The van der Waals surface area contributed by atoms with Crippen molar-refractivity contribution in [3.05, 3.63) is 24.0 Å². The number of cyclic esters (lactones) is 1. The summed E-state index contributed by atoms with van der Waals surface area (Å²) in [7, 11) is -3.22. The predicted molar refractivity (Wildman–Crippen MR) is 113 cm³/mol. The fraction of sp³-hybridized carbons (Fsp3) is 0.600. The second-order valence-corrected chi connectivity index (χ2v) is 10.7. The van der Waals surface area contributed by atoms with Crippen LogP contribution in [0, 0.1) is 11.2 Å². The summed E-state index contributed by atoms with van der Waals surface area (Å²) in [6.45, 7) is 4.04. The molecule has 11 heteroatoms. The Balaban J connectivity index is 1.43. The number of rotatable bonds is 5. The van der Waals surface area contributed by atoms with Crippen molar-refractivity contribution in [1.29, 1.82) is 0 Å². The number of anilines is 2. The van der Waals surface area contributed by atoms with Crippen LogP contribution in [-0.4, -0.2) is 76.4 Å². The van der Waals surface area contributed by atoms with Crippen LogP contribution in [0.25, 0.3) is 0 Å². The van der Waals surface area contributed by atoms with E-state index in [0.29, 0.717) is 37.6 Å². The Bertz CT molecular complexity index is 1000. The maximum Gasteiger partial charge on any atom is 0.414 e. The molecule has 170 valence electrons. The molecule has 0 aromatic heterocycles. The van der Waals surface area contributed by atoms with Crippen molar-refractivity contribution in [1.82, 2.24) is 9.62 Å². The lowest BCUT2D eigenvalue weighted by molar-refractivity contribution is -0.119. The van der Waals surface area contributed by atoms with Gasteiger partial charge >= 0.3 is 6.09 Å². The molecule has 2 amide bonds. The van der Waals surface area contributed by atoms with Gasteiger partial charge in [0.25, 0.3) is 0 Å². The molecule has 4 rings (SSSR count). The number of ether oxygens (including phenoxy) is 1. The molecule has 3 saturated heterocycles. The van der Waals surface area contributed by atoms with Crippen LogP contribution in [0.1, 0.15) is 19.8 Å². The molecule has 0 aliphatic carbocycles. The lowest BCUT2D eigenvalue weighted by Gasteiger charge is -2.26. The highest BCUT2D eigenvalue weighted by Crippen LogP contribution is 2.42. The van der Waals surface area contributed by atoms with Crippen molar-refractivity contribution < 1.29 is 27.1 Å². The summed E-state index contributed by atoms with van der Waals surface area (Å²) in [5.74, 6) is -0.652. The van der Waals surface area contributed by atoms with Gasteiger partial charge in [-0.1, -0.05) is 0 Å². The number of carbonyl (C=O) groups excluding carboxylic acids is 2. The summed E-state index contributed by atoms with van der Waals surface area (Å²) in [6, 6.07) is 4.66. The molecule has 1 aromatic rings. The molecule has 9 nitrogen and oxygen atoms in total. The smallest absolute Gasteiger partial charge is 0.414 e. The number of sulfonamides is 1. The minimum Gasteiger partial charge on any atom is -0.442 e. The molecule has 31 heavy (non-hydrogen) atoms. The van der Waals surface area contributed by atoms with E-state index in [1.807, 2.05) is 4.90 Å². The van der Waals surface area contributed by atoms with Crippen LogP contribution in [0.2, 0.25) is 0 Å². The van der Waals surface area contributed by atoms with Crippen LogP contribution in [0.5, 0.6) is 0 Å². The highest BCUT2D eigenvalue weighted by atomic mass is 32.2. The van der Waals surface area contributed by atoms with Gasteiger partial charge in [-0.15, -0.1) is 0 Å². The summed E-state index contributed by atoms with van der Waals surface area (Å²) >= 11 is 0. The van der Waals surface area contributed by atoms with Gasteiger partial charge in [0.05, 0.1) is 30.7 Å². The van der Waals surface area contributed by atoms with E-state index in [1.165, 1.54) is 28.5 Å². The Morgan fingerprint density at radius 2 is 2.03 bits per heavy atom. The monoisotopic (exact) mass is 454 g/mol. The number of hydrogen-bond acceptors (Lipinski definition) is 6. The summed E-state index contributed by atoms with van der Waals surface area (Å²) < 4.78 is 45.4. The van der Waals surface area contributed by atoms with Crippen LogP contribution in [0.4, 0.5) is 20.6 Å². The third kappa shape index (κ3) is 4.47. The fourth-order valence-electron chi connectivity index (χ4n) is 4.67. The molecule has 1 N–H and O–H groups in total. The van der Waals surface area contributed by atoms with Crippen molar-refractivity contribution >= 4 is 33.4 Å². The van der Waals surface area contributed by atoms with Gasteiger partial charge in [0.1, 0.15) is 11.9 Å². The van der Waals surface area contributed by atoms with Crippen molar-refractivity contribution in [2.45, 2.75) is 25.9 Å². The van der Waals surface area contributed by atoms with Crippen molar-refractivity contribution in [3.63, 3.8) is 0 Å². The molecule has 0 bridgehead atoms. The van der Waals surface area contributed by atoms with Gasteiger partial charge in [0, 0.05) is 38.5 Å². The number of nitrogens with zero attached hydrogens (tertiary/aromatic N) is 3. The lowest BCUT2D eigenvalue weighted by Crippen LogP contribution is -2.33. The standard InChI is InChI=1S/C20H27FN4O5S/c1-14(26)22-10-16-11-25(19(27)30-16)15-3-4-18(17(21)9-15)23-7-5-20(12-23)6-8-24(13-20)31(2,28)29/h3-4,9,16H,5-8,10-13H2,1-2H3,(H,22,26). The molecule has 0 saturated carbocycles. The second kappa shape index (κ2) is 7.94. The first kappa shape index (κ1) is 21.8. The topological polar surface area (TPSA) is 99.3 Å². The second-order valence-electron chi connectivity index (χ2n) is 8.71. The van der Waals surface area contributed by atoms with E-state index in [4.69, 9.17) is 4.74 Å². The van der Waals surface area contributed by atoms with Gasteiger partial charge in [-0.05, 0) is 31.0 Å². The SMILES string of the molecule is CC(=O)NCC1CN(c2ccc(N3CCC4(CCN(S(C)(=O)=O)C4)C3)c(F)c2)C(=O)O1. The first-order valence-electron chi connectivity index (χ1n) is 10.3. The van der Waals surface area contributed by atoms with E-state index in [9.17, 15) is 22.4 Å². The molecular weight excluding hydrogens is 427 g/mol. The van der Waals surface area contributed by atoms with E-state index in [2.05, 4.69) is 5.32 Å². The third-order valence-electron chi connectivity index (χ3n) is 6.35. The van der Waals surface area contributed by atoms with Crippen LogP contribution >= 0.6 is 0 Å². The van der Waals surface area contributed by atoms with Crippen LogP contribution in [0.3, 0.4) is 0 Å². The molecule has 1 spiro atoms. The summed E-state index contributed by atoms with van der Waals surface area (Å²) in [4.78, 5) is 26.5. The summed E-state index contributed by atoms with van der Waals surface area (Å²) in [6.07, 6.45) is 1.74. The van der Waals surface area contributed by atoms with E-state index >= 15 is 0 Å². The highest BCUT2D eigenvalue weighted by molar-refractivity contribution is 7.88. The van der Waals surface area contributed by atoms with Gasteiger partial charge < -0.3 is 15.0 Å². The zero-order chi connectivity index (χ0) is 22.4. The Hall–Kier alpha value is -2.40.